The second kappa shape index (κ2) is 6.70. The molecule has 1 aromatic rings. The molecule has 0 spiro atoms. The number of rotatable bonds is 1. The van der Waals surface area contributed by atoms with E-state index < -0.39 is 0 Å². The molecule has 0 atom stereocenters. The Kier molecular flexibility index (Phi) is 5.85. The minimum absolute atomic E-state index is 0. The highest BCUT2D eigenvalue weighted by Crippen LogP contribution is 2.25. The number of hydrogen-bond donors (Lipinski definition) is 1. The number of hydrogen-bond acceptors (Lipinski definition) is 4. The third kappa shape index (κ3) is 2.96. The van der Waals surface area contributed by atoms with Crippen LogP contribution in [0.15, 0.2) is 0 Å². The van der Waals surface area contributed by atoms with Gasteiger partial charge in [0.15, 0.2) is 0 Å². The van der Waals surface area contributed by atoms with Crippen molar-refractivity contribution in [3.63, 3.8) is 0 Å². The van der Waals surface area contributed by atoms with E-state index in [-0.39, 0.29) is 24.8 Å². The molecule has 7 heteroatoms. The first-order valence-electron chi connectivity index (χ1n) is 6.16. The summed E-state index contributed by atoms with van der Waals surface area (Å²) in [5, 5.41) is 12.1. The first-order valence-corrected chi connectivity index (χ1v) is 6.16. The number of fused-ring (bicyclic) bond motifs is 1. The van der Waals surface area contributed by atoms with Crippen LogP contribution in [0.2, 0.25) is 0 Å². The van der Waals surface area contributed by atoms with Gasteiger partial charge in [-0.1, -0.05) is 0 Å². The lowest BCUT2D eigenvalue weighted by molar-refractivity contribution is 0.259. The molecule has 0 radical (unpaired) electrons. The van der Waals surface area contributed by atoms with Crippen molar-refractivity contribution in [2.45, 2.75) is 31.8 Å². The number of piperidine rings is 1. The number of halogens is 2. The van der Waals surface area contributed by atoms with E-state index in [1.165, 1.54) is 18.7 Å². The molecule has 0 aromatic carbocycles. The minimum atomic E-state index is 0. The average molecular weight is 294 g/mol. The summed E-state index contributed by atoms with van der Waals surface area (Å²) >= 11 is 0. The van der Waals surface area contributed by atoms with Crippen molar-refractivity contribution in [3.05, 3.63) is 11.6 Å². The Morgan fingerprint density at radius 2 is 1.83 bits per heavy atom. The normalized spacial score (nSPS) is 20.7. The van der Waals surface area contributed by atoms with Crippen LogP contribution in [0.3, 0.4) is 0 Å². The third-order valence-corrected chi connectivity index (χ3v) is 3.68. The molecule has 1 saturated heterocycles. The molecule has 2 aliphatic heterocycles. The Balaban J connectivity index is 0.000000810. The summed E-state index contributed by atoms with van der Waals surface area (Å²) in [6.07, 6.45) is 2.40. The van der Waals surface area contributed by atoms with Gasteiger partial charge in [0.1, 0.15) is 11.6 Å². The summed E-state index contributed by atoms with van der Waals surface area (Å²) in [5.74, 6) is 2.98. The topological polar surface area (TPSA) is 46.0 Å². The Bertz CT molecular complexity index is 376. The SMILES string of the molecule is CN1CCn2c(nnc2C2CCNCC2)C1.Cl.Cl. The van der Waals surface area contributed by atoms with Gasteiger partial charge in [0.05, 0.1) is 6.54 Å². The van der Waals surface area contributed by atoms with E-state index in [1.54, 1.807) is 0 Å². The summed E-state index contributed by atoms with van der Waals surface area (Å²) < 4.78 is 2.34. The van der Waals surface area contributed by atoms with Crippen molar-refractivity contribution in [2.75, 3.05) is 26.7 Å². The van der Waals surface area contributed by atoms with Crippen molar-refractivity contribution in [1.82, 2.24) is 25.0 Å². The van der Waals surface area contributed by atoms with Crippen LogP contribution in [0, 0.1) is 0 Å². The molecule has 0 amide bonds. The van der Waals surface area contributed by atoms with E-state index in [1.807, 2.05) is 0 Å². The zero-order valence-corrected chi connectivity index (χ0v) is 12.3. The van der Waals surface area contributed by atoms with Gasteiger partial charge in [-0.3, -0.25) is 4.90 Å². The smallest absolute Gasteiger partial charge is 0.147 e. The highest BCUT2D eigenvalue weighted by Gasteiger charge is 2.25. The molecule has 5 nitrogen and oxygen atoms in total. The molecule has 0 unspecified atom stereocenters. The maximum absolute atomic E-state index is 4.41. The van der Waals surface area contributed by atoms with E-state index in [0.717, 1.165) is 38.5 Å². The van der Waals surface area contributed by atoms with Crippen LogP contribution in [0.1, 0.15) is 30.4 Å². The summed E-state index contributed by atoms with van der Waals surface area (Å²) in [6, 6.07) is 0. The first kappa shape index (κ1) is 15.7. The van der Waals surface area contributed by atoms with Crippen LogP contribution in [-0.2, 0) is 13.1 Å². The van der Waals surface area contributed by atoms with Crippen LogP contribution < -0.4 is 5.32 Å². The zero-order valence-electron chi connectivity index (χ0n) is 10.6. The second-order valence-corrected chi connectivity index (χ2v) is 4.89. The Labute approximate surface area is 120 Å². The highest BCUT2D eigenvalue weighted by molar-refractivity contribution is 5.85. The molecule has 3 rings (SSSR count). The Morgan fingerprint density at radius 3 is 2.56 bits per heavy atom. The van der Waals surface area contributed by atoms with Crippen LogP contribution >= 0.6 is 24.8 Å². The molecule has 0 aliphatic carbocycles. The highest BCUT2D eigenvalue weighted by atomic mass is 35.5. The van der Waals surface area contributed by atoms with Gasteiger partial charge in [0.2, 0.25) is 0 Å². The maximum atomic E-state index is 4.41. The van der Waals surface area contributed by atoms with E-state index >= 15 is 0 Å². The van der Waals surface area contributed by atoms with Gasteiger partial charge in [0.25, 0.3) is 0 Å². The molecule has 104 valence electrons. The van der Waals surface area contributed by atoms with Crippen LogP contribution in [0.4, 0.5) is 0 Å². The lowest BCUT2D eigenvalue weighted by atomic mass is 9.97. The van der Waals surface area contributed by atoms with Gasteiger partial charge in [-0.05, 0) is 33.0 Å². The third-order valence-electron chi connectivity index (χ3n) is 3.68. The van der Waals surface area contributed by atoms with Crippen LogP contribution in [0.5, 0.6) is 0 Å². The standard InChI is InChI=1S/C11H19N5.2ClH/c1-15-6-7-16-10(8-15)13-14-11(16)9-2-4-12-5-3-9;;/h9,12H,2-8H2,1H3;2*1H. The molecule has 0 bridgehead atoms. The van der Waals surface area contributed by atoms with Gasteiger partial charge in [-0.15, -0.1) is 35.0 Å². The predicted molar refractivity (Wildman–Crippen MR) is 75.7 cm³/mol. The van der Waals surface area contributed by atoms with E-state index in [2.05, 4.69) is 32.0 Å². The predicted octanol–water partition coefficient (Wildman–Crippen LogP) is 1.03. The van der Waals surface area contributed by atoms with Crippen LogP contribution in [0.25, 0.3) is 0 Å². The van der Waals surface area contributed by atoms with Crippen LogP contribution in [-0.4, -0.2) is 46.3 Å². The van der Waals surface area contributed by atoms with Gasteiger partial charge in [-0.2, -0.15) is 0 Å². The van der Waals surface area contributed by atoms with Gasteiger partial charge >= 0.3 is 0 Å². The Hall–Kier alpha value is -0.360. The van der Waals surface area contributed by atoms with Gasteiger partial charge in [0, 0.05) is 19.0 Å². The number of likely N-dealkylation sites (N-methyl/N-ethyl adjacent to an activating group) is 1. The van der Waals surface area contributed by atoms with E-state index in [0.29, 0.717) is 5.92 Å². The number of aromatic nitrogens is 3. The van der Waals surface area contributed by atoms with Gasteiger partial charge in [-0.25, -0.2) is 0 Å². The minimum Gasteiger partial charge on any atom is -0.317 e. The molecular weight excluding hydrogens is 273 g/mol. The molecule has 1 N–H and O–H groups in total. The summed E-state index contributed by atoms with van der Waals surface area (Å²) in [4.78, 5) is 2.30. The molecule has 3 heterocycles. The first-order chi connectivity index (χ1) is 7.84. The quantitative estimate of drug-likeness (QED) is 0.840. The fourth-order valence-corrected chi connectivity index (χ4v) is 2.68. The van der Waals surface area contributed by atoms with E-state index in [4.69, 9.17) is 0 Å². The van der Waals surface area contributed by atoms with E-state index in [9.17, 15) is 0 Å². The second-order valence-electron chi connectivity index (χ2n) is 4.89. The molecule has 2 aliphatic rings. The average Bonchev–Trinajstić information content (AvgIpc) is 2.73. The van der Waals surface area contributed by atoms with Crippen molar-refractivity contribution < 1.29 is 0 Å². The number of nitrogens with one attached hydrogen (secondary N) is 1. The molecule has 18 heavy (non-hydrogen) atoms. The summed E-state index contributed by atoms with van der Waals surface area (Å²) in [7, 11) is 2.14. The van der Waals surface area contributed by atoms with Crippen molar-refractivity contribution in [3.8, 4) is 0 Å². The fraction of sp³-hybridized carbons (Fsp3) is 0.818. The molecule has 1 aromatic heterocycles. The number of nitrogens with zero attached hydrogens (tertiary/aromatic N) is 4. The largest absolute Gasteiger partial charge is 0.317 e. The lowest BCUT2D eigenvalue weighted by Gasteiger charge is -2.27. The van der Waals surface area contributed by atoms with Crippen molar-refractivity contribution >= 4 is 24.8 Å². The molecular formula is C11H21Cl2N5. The summed E-state index contributed by atoms with van der Waals surface area (Å²) in [6.45, 7) is 5.35. The van der Waals surface area contributed by atoms with Crippen molar-refractivity contribution in [1.29, 1.82) is 0 Å². The maximum Gasteiger partial charge on any atom is 0.147 e. The van der Waals surface area contributed by atoms with Gasteiger partial charge < -0.3 is 9.88 Å². The monoisotopic (exact) mass is 293 g/mol. The summed E-state index contributed by atoms with van der Waals surface area (Å²) in [5.41, 5.74) is 0. The lowest BCUT2D eigenvalue weighted by Crippen LogP contribution is -2.33. The van der Waals surface area contributed by atoms with Crippen molar-refractivity contribution in [2.24, 2.45) is 0 Å². The molecule has 0 saturated carbocycles. The Morgan fingerprint density at radius 1 is 1.11 bits per heavy atom. The fourth-order valence-electron chi connectivity index (χ4n) is 2.68. The zero-order chi connectivity index (χ0) is 11.0. The molecule has 1 fully saturated rings.